The Labute approximate surface area is 151 Å². The van der Waals surface area contributed by atoms with Gasteiger partial charge in [-0.1, -0.05) is 12.8 Å². The molecule has 2 N–H and O–H groups in total. The summed E-state index contributed by atoms with van der Waals surface area (Å²) >= 11 is 0. The lowest BCUT2D eigenvalue weighted by atomic mass is 9.85. The van der Waals surface area contributed by atoms with Crippen molar-refractivity contribution < 1.29 is 9.21 Å². The summed E-state index contributed by atoms with van der Waals surface area (Å²) < 4.78 is 5.69. The first kappa shape index (κ1) is 19.3. The number of carbonyl (C=O) groups excluding carboxylic acids is 1. The summed E-state index contributed by atoms with van der Waals surface area (Å²) in [5.41, 5.74) is -0.351. The Balaban J connectivity index is 2.11. The van der Waals surface area contributed by atoms with Gasteiger partial charge in [0, 0.05) is 20.6 Å². The van der Waals surface area contributed by atoms with Gasteiger partial charge in [-0.25, -0.2) is 0 Å². The number of aliphatic imine (C=N–C) groups is 1. The number of amides is 1. The van der Waals surface area contributed by atoms with E-state index in [9.17, 15) is 4.79 Å². The summed E-state index contributed by atoms with van der Waals surface area (Å²) in [7, 11) is 3.66. The average Bonchev–Trinajstić information content (AvgIpc) is 3.22. The molecule has 0 aliphatic heterocycles. The molecule has 140 valence electrons. The van der Waals surface area contributed by atoms with Crippen LogP contribution in [0.1, 0.15) is 57.1 Å². The maximum Gasteiger partial charge on any atom is 0.230 e. The fourth-order valence-electron chi connectivity index (χ4n) is 3.48. The molecule has 0 saturated heterocycles. The van der Waals surface area contributed by atoms with Crippen LogP contribution in [-0.2, 0) is 4.79 Å². The van der Waals surface area contributed by atoms with Gasteiger partial charge in [-0.15, -0.1) is 0 Å². The number of nitrogens with one attached hydrogen (secondary N) is 2. The second-order valence-corrected chi connectivity index (χ2v) is 7.20. The molecule has 1 amide bonds. The minimum atomic E-state index is -0.351. The molecule has 1 heterocycles. The van der Waals surface area contributed by atoms with E-state index in [0.29, 0.717) is 6.54 Å². The topological polar surface area (TPSA) is 69.9 Å². The molecule has 6 nitrogen and oxygen atoms in total. The van der Waals surface area contributed by atoms with Crippen molar-refractivity contribution in [2.45, 2.75) is 52.5 Å². The molecular weight excluding hydrogens is 316 g/mol. The molecule has 0 radical (unpaired) electrons. The molecular formula is C19H32N4O2. The zero-order valence-electron chi connectivity index (χ0n) is 16.2. The smallest absolute Gasteiger partial charge is 0.230 e. The Hall–Kier alpha value is -1.98. The monoisotopic (exact) mass is 348 g/mol. The molecule has 1 aromatic heterocycles. The molecule has 1 atom stereocenters. The Bertz CT molecular complexity index is 600. The lowest BCUT2D eigenvalue weighted by Gasteiger charge is -2.29. The number of furan rings is 1. The van der Waals surface area contributed by atoms with Crippen LogP contribution >= 0.6 is 0 Å². The number of rotatable bonds is 6. The van der Waals surface area contributed by atoms with Crippen LogP contribution in [0.25, 0.3) is 0 Å². The normalized spacial score (nSPS) is 18.0. The van der Waals surface area contributed by atoms with Crippen molar-refractivity contribution in [2.75, 3.05) is 27.2 Å². The van der Waals surface area contributed by atoms with Crippen molar-refractivity contribution in [1.82, 2.24) is 15.5 Å². The maximum absolute atomic E-state index is 12.7. The minimum Gasteiger partial charge on any atom is -0.464 e. The van der Waals surface area contributed by atoms with Crippen molar-refractivity contribution in [3.05, 3.63) is 23.7 Å². The lowest BCUT2D eigenvalue weighted by molar-refractivity contribution is -0.138. The second kappa shape index (κ2) is 8.41. The van der Waals surface area contributed by atoms with Crippen LogP contribution in [0, 0.1) is 12.3 Å². The molecule has 1 aromatic rings. The van der Waals surface area contributed by atoms with Crippen LogP contribution in [0.5, 0.6) is 0 Å². The van der Waals surface area contributed by atoms with Gasteiger partial charge in [0.1, 0.15) is 11.5 Å². The Morgan fingerprint density at radius 1 is 1.36 bits per heavy atom. The van der Waals surface area contributed by atoms with Gasteiger partial charge in [-0.3, -0.25) is 9.79 Å². The quantitative estimate of drug-likeness (QED) is 0.613. The first-order chi connectivity index (χ1) is 11.9. The van der Waals surface area contributed by atoms with Gasteiger partial charge in [-0.2, -0.15) is 0 Å². The van der Waals surface area contributed by atoms with Crippen LogP contribution in [-0.4, -0.2) is 44.0 Å². The van der Waals surface area contributed by atoms with Crippen molar-refractivity contribution in [3.63, 3.8) is 0 Å². The third-order valence-corrected chi connectivity index (χ3v) is 4.85. The minimum absolute atomic E-state index is 0.00979. The number of hydrogen-bond donors (Lipinski definition) is 2. The highest BCUT2D eigenvalue weighted by molar-refractivity contribution is 5.84. The van der Waals surface area contributed by atoms with Gasteiger partial charge in [0.2, 0.25) is 5.91 Å². The molecule has 1 saturated carbocycles. The molecule has 25 heavy (non-hydrogen) atoms. The molecule has 0 bridgehead atoms. The largest absolute Gasteiger partial charge is 0.464 e. The number of nitrogens with zero attached hydrogens (tertiary/aromatic N) is 2. The maximum atomic E-state index is 12.7. The van der Waals surface area contributed by atoms with Crippen LogP contribution in [0.2, 0.25) is 0 Å². The summed E-state index contributed by atoms with van der Waals surface area (Å²) in [6, 6.07) is 3.95. The molecule has 0 aromatic carbocycles. The van der Waals surface area contributed by atoms with Gasteiger partial charge in [0.05, 0.1) is 18.0 Å². The van der Waals surface area contributed by atoms with E-state index in [1.54, 1.807) is 4.90 Å². The SMILES string of the molecule is CCNC(=NCC1(C(=O)N(C)C)CCCC1)NC(C)c1ccc(C)o1. The molecule has 1 aliphatic carbocycles. The molecule has 6 heteroatoms. The summed E-state index contributed by atoms with van der Waals surface area (Å²) in [5, 5.41) is 6.65. The molecule has 0 spiro atoms. The fraction of sp³-hybridized carbons (Fsp3) is 0.684. The third kappa shape index (κ3) is 4.77. The number of aryl methyl sites for hydroxylation is 1. The highest BCUT2D eigenvalue weighted by Crippen LogP contribution is 2.39. The fourth-order valence-corrected chi connectivity index (χ4v) is 3.48. The molecule has 1 aliphatic rings. The zero-order chi connectivity index (χ0) is 18.4. The van der Waals surface area contributed by atoms with Crippen LogP contribution in [0.15, 0.2) is 21.5 Å². The summed E-state index contributed by atoms with van der Waals surface area (Å²) in [6.07, 6.45) is 4.03. The number of carbonyl (C=O) groups is 1. The standard InChI is InChI=1S/C19H32N4O2/c1-6-20-18(22-15(3)16-10-9-14(2)25-16)21-13-19(11-7-8-12-19)17(24)23(4)5/h9-10,15H,6-8,11-13H2,1-5H3,(H2,20,21,22). The number of hydrogen-bond acceptors (Lipinski definition) is 3. The van der Waals surface area contributed by atoms with E-state index in [-0.39, 0.29) is 17.4 Å². The third-order valence-electron chi connectivity index (χ3n) is 4.85. The first-order valence-corrected chi connectivity index (χ1v) is 9.21. The van der Waals surface area contributed by atoms with E-state index in [1.165, 1.54) is 0 Å². The highest BCUT2D eigenvalue weighted by Gasteiger charge is 2.42. The molecule has 2 rings (SSSR count). The van der Waals surface area contributed by atoms with Gasteiger partial charge < -0.3 is 20.0 Å². The van der Waals surface area contributed by atoms with Crippen molar-refractivity contribution in [2.24, 2.45) is 10.4 Å². The zero-order valence-corrected chi connectivity index (χ0v) is 16.2. The van der Waals surface area contributed by atoms with E-state index in [0.717, 1.165) is 49.7 Å². The van der Waals surface area contributed by atoms with Crippen molar-refractivity contribution in [3.8, 4) is 0 Å². The lowest BCUT2D eigenvalue weighted by Crippen LogP contribution is -2.43. The van der Waals surface area contributed by atoms with Gasteiger partial charge in [-0.05, 0) is 45.7 Å². The summed E-state index contributed by atoms with van der Waals surface area (Å²) in [5.74, 6) is 2.69. The van der Waals surface area contributed by atoms with Gasteiger partial charge in [0.15, 0.2) is 5.96 Å². The summed E-state index contributed by atoms with van der Waals surface area (Å²) in [6.45, 7) is 7.30. The Morgan fingerprint density at radius 2 is 2.04 bits per heavy atom. The van der Waals surface area contributed by atoms with Crippen LogP contribution in [0.4, 0.5) is 0 Å². The van der Waals surface area contributed by atoms with Crippen molar-refractivity contribution >= 4 is 11.9 Å². The van der Waals surface area contributed by atoms with E-state index in [1.807, 2.05) is 47.0 Å². The highest BCUT2D eigenvalue weighted by atomic mass is 16.3. The number of guanidine groups is 1. The van der Waals surface area contributed by atoms with E-state index in [2.05, 4.69) is 10.6 Å². The molecule has 1 fully saturated rings. The Kier molecular flexibility index (Phi) is 6.51. The Morgan fingerprint density at radius 3 is 2.56 bits per heavy atom. The van der Waals surface area contributed by atoms with Crippen LogP contribution in [0.3, 0.4) is 0 Å². The molecule has 1 unspecified atom stereocenters. The van der Waals surface area contributed by atoms with Gasteiger partial charge >= 0.3 is 0 Å². The summed E-state index contributed by atoms with van der Waals surface area (Å²) in [4.78, 5) is 19.1. The first-order valence-electron chi connectivity index (χ1n) is 9.21. The second-order valence-electron chi connectivity index (χ2n) is 7.20. The van der Waals surface area contributed by atoms with E-state index >= 15 is 0 Å². The van der Waals surface area contributed by atoms with E-state index in [4.69, 9.17) is 9.41 Å². The predicted molar refractivity (Wildman–Crippen MR) is 101 cm³/mol. The average molecular weight is 348 g/mol. The predicted octanol–water partition coefficient (Wildman–Crippen LogP) is 2.85. The van der Waals surface area contributed by atoms with Crippen LogP contribution < -0.4 is 10.6 Å². The van der Waals surface area contributed by atoms with Gasteiger partial charge in [0.25, 0.3) is 0 Å². The van der Waals surface area contributed by atoms with E-state index < -0.39 is 0 Å². The van der Waals surface area contributed by atoms with Crippen molar-refractivity contribution in [1.29, 1.82) is 0 Å².